The lowest BCUT2D eigenvalue weighted by molar-refractivity contribution is -0.0970. The molecular formula is C21H17BrFN3O2. The smallest absolute Gasteiger partial charge is 0.213 e. The van der Waals surface area contributed by atoms with Crippen molar-refractivity contribution in [3.05, 3.63) is 76.3 Å². The number of nitrogens with one attached hydrogen (secondary N) is 1. The largest absolute Gasteiger partial charge is 0.457 e. The second kappa shape index (κ2) is 6.63. The van der Waals surface area contributed by atoms with Crippen LogP contribution in [0.4, 0.5) is 4.39 Å². The van der Waals surface area contributed by atoms with Gasteiger partial charge in [0.2, 0.25) is 5.95 Å². The molecule has 3 N–H and O–H groups in total. The van der Waals surface area contributed by atoms with Crippen LogP contribution in [-0.4, -0.2) is 24.3 Å². The van der Waals surface area contributed by atoms with Gasteiger partial charge in [-0.25, -0.2) is 4.98 Å². The summed E-state index contributed by atoms with van der Waals surface area (Å²) in [4.78, 5) is 3.64. The van der Waals surface area contributed by atoms with E-state index in [0.717, 1.165) is 32.5 Å². The summed E-state index contributed by atoms with van der Waals surface area (Å²) in [6.45, 7) is 1.12. The Morgan fingerprint density at radius 2 is 1.82 bits per heavy atom. The molecule has 28 heavy (non-hydrogen) atoms. The molecule has 0 saturated carbocycles. The van der Waals surface area contributed by atoms with Gasteiger partial charge >= 0.3 is 0 Å². The molecule has 7 heteroatoms. The lowest BCUT2D eigenvalue weighted by Gasteiger charge is -2.44. The summed E-state index contributed by atoms with van der Waals surface area (Å²) in [6, 6.07) is 14.8. The van der Waals surface area contributed by atoms with E-state index in [0.29, 0.717) is 18.8 Å². The van der Waals surface area contributed by atoms with E-state index in [1.165, 1.54) is 12.3 Å². The Kier molecular flexibility index (Phi) is 4.21. The second-order valence-electron chi connectivity index (χ2n) is 6.93. The predicted molar refractivity (Wildman–Crippen MR) is 107 cm³/mol. The second-order valence-corrected chi connectivity index (χ2v) is 7.85. The Hall–Kier alpha value is -2.32. The van der Waals surface area contributed by atoms with Crippen molar-refractivity contribution in [1.29, 1.82) is 0 Å². The van der Waals surface area contributed by atoms with Gasteiger partial charge in [-0.2, -0.15) is 4.39 Å². The van der Waals surface area contributed by atoms with E-state index in [4.69, 9.17) is 15.2 Å². The maximum absolute atomic E-state index is 13.6. The zero-order chi connectivity index (χ0) is 19.3. The van der Waals surface area contributed by atoms with Gasteiger partial charge in [0, 0.05) is 41.0 Å². The average molecular weight is 442 g/mol. The number of morpholine rings is 1. The molecule has 2 aromatic carbocycles. The fourth-order valence-corrected chi connectivity index (χ4v) is 4.28. The number of fused-ring (bicyclic) bond motifs is 4. The van der Waals surface area contributed by atoms with Gasteiger partial charge in [0.25, 0.3) is 0 Å². The van der Waals surface area contributed by atoms with Gasteiger partial charge in [0.15, 0.2) is 0 Å². The number of aromatic nitrogens is 1. The van der Waals surface area contributed by atoms with E-state index < -0.39 is 17.8 Å². The van der Waals surface area contributed by atoms with Crippen LogP contribution in [0, 0.1) is 5.95 Å². The Balaban J connectivity index is 1.72. The molecule has 5 nitrogen and oxygen atoms in total. The fraction of sp³-hybridized carbons (Fsp3) is 0.190. The van der Waals surface area contributed by atoms with E-state index in [-0.39, 0.29) is 0 Å². The third kappa shape index (κ3) is 2.82. The Labute approximate surface area is 169 Å². The van der Waals surface area contributed by atoms with Crippen LogP contribution in [-0.2, 0) is 10.3 Å². The van der Waals surface area contributed by atoms with E-state index >= 15 is 0 Å². The maximum atomic E-state index is 13.6. The highest BCUT2D eigenvalue weighted by atomic mass is 79.9. The Morgan fingerprint density at radius 1 is 1.07 bits per heavy atom. The number of benzene rings is 2. The standard InChI is InChI=1S/C21H17BrFN3O2/c22-14-2-4-18-16(9-14)21(11-25-10-20(24)28-21)15-7-12(1-3-17(15)27-18)13-5-6-26-19(23)8-13/h1-9,20,25H,10-11,24H2/t20-,21?/m1/s1. The summed E-state index contributed by atoms with van der Waals surface area (Å²) < 4.78 is 27.1. The van der Waals surface area contributed by atoms with Crippen LogP contribution in [0.3, 0.4) is 0 Å². The zero-order valence-corrected chi connectivity index (χ0v) is 16.4. The van der Waals surface area contributed by atoms with E-state index in [9.17, 15) is 4.39 Å². The Morgan fingerprint density at radius 3 is 2.61 bits per heavy atom. The summed E-state index contributed by atoms with van der Waals surface area (Å²) in [7, 11) is 0. The molecule has 5 rings (SSSR count). The first-order valence-electron chi connectivity index (χ1n) is 8.94. The molecule has 2 aliphatic heterocycles. The van der Waals surface area contributed by atoms with Gasteiger partial charge in [-0.05, 0) is 47.5 Å². The normalized spacial score (nSPS) is 23.0. The van der Waals surface area contributed by atoms with Crippen molar-refractivity contribution in [2.45, 2.75) is 11.8 Å². The summed E-state index contributed by atoms with van der Waals surface area (Å²) in [5.74, 6) is 0.909. The molecule has 142 valence electrons. The van der Waals surface area contributed by atoms with E-state index in [1.807, 2.05) is 36.4 Å². The molecular weight excluding hydrogens is 425 g/mol. The highest BCUT2D eigenvalue weighted by Crippen LogP contribution is 2.51. The molecule has 0 bridgehead atoms. The van der Waals surface area contributed by atoms with Gasteiger partial charge in [0.1, 0.15) is 23.3 Å². The molecule has 1 spiro atoms. The van der Waals surface area contributed by atoms with Crippen LogP contribution < -0.4 is 15.8 Å². The molecule has 0 radical (unpaired) electrons. The summed E-state index contributed by atoms with van der Waals surface area (Å²) in [5.41, 5.74) is 8.71. The molecule has 3 heterocycles. The number of rotatable bonds is 1. The molecule has 0 aliphatic carbocycles. The van der Waals surface area contributed by atoms with Gasteiger partial charge in [0.05, 0.1) is 0 Å². The van der Waals surface area contributed by atoms with Crippen molar-refractivity contribution in [2.75, 3.05) is 13.1 Å². The first-order chi connectivity index (χ1) is 13.5. The third-order valence-electron chi connectivity index (χ3n) is 5.14. The average Bonchev–Trinajstić information content (AvgIpc) is 2.69. The van der Waals surface area contributed by atoms with Crippen molar-refractivity contribution in [2.24, 2.45) is 5.73 Å². The molecule has 1 fully saturated rings. The molecule has 1 aromatic heterocycles. The lowest BCUT2D eigenvalue weighted by atomic mass is 9.81. The SMILES string of the molecule is N[C@H]1CNCC2(O1)c1cc(Br)ccc1Oc1ccc(-c3ccnc(F)c3)cc12. The summed E-state index contributed by atoms with van der Waals surface area (Å²) >= 11 is 3.54. The third-order valence-corrected chi connectivity index (χ3v) is 5.64. The first-order valence-corrected chi connectivity index (χ1v) is 9.73. The lowest BCUT2D eigenvalue weighted by Crippen LogP contribution is -2.56. The van der Waals surface area contributed by atoms with Crippen molar-refractivity contribution in [3.8, 4) is 22.6 Å². The molecule has 3 aromatic rings. The number of halogens is 2. The molecule has 1 saturated heterocycles. The molecule has 2 atom stereocenters. The monoisotopic (exact) mass is 441 g/mol. The number of nitrogens with zero attached hydrogens (tertiary/aromatic N) is 1. The van der Waals surface area contributed by atoms with Crippen LogP contribution in [0.1, 0.15) is 11.1 Å². The minimum atomic E-state index is -0.800. The van der Waals surface area contributed by atoms with Crippen LogP contribution in [0.2, 0.25) is 0 Å². The predicted octanol–water partition coefficient (Wildman–Crippen LogP) is 3.90. The quantitative estimate of drug-likeness (QED) is 0.560. The molecule has 2 aliphatic rings. The topological polar surface area (TPSA) is 69.4 Å². The fourth-order valence-electron chi connectivity index (χ4n) is 3.92. The Bertz CT molecular complexity index is 1080. The van der Waals surface area contributed by atoms with Crippen LogP contribution in [0.25, 0.3) is 11.1 Å². The number of pyridine rings is 1. The highest BCUT2D eigenvalue weighted by Gasteiger charge is 2.46. The first kappa shape index (κ1) is 17.8. The number of ether oxygens (including phenoxy) is 2. The van der Waals surface area contributed by atoms with Crippen molar-refractivity contribution in [3.63, 3.8) is 0 Å². The van der Waals surface area contributed by atoms with Crippen LogP contribution in [0.5, 0.6) is 11.5 Å². The zero-order valence-electron chi connectivity index (χ0n) is 14.8. The highest BCUT2D eigenvalue weighted by molar-refractivity contribution is 9.10. The van der Waals surface area contributed by atoms with Gasteiger partial charge < -0.3 is 20.5 Å². The van der Waals surface area contributed by atoms with Crippen molar-refractivity contribution >= 4 is 15.9 Å². The minimum Gasteiger partial charge on any atom is -0.457 e. The maximum Gasteiger partial charge on any atom is 0.213 e. The van der Waals surface area contributed by atoms with Gasteiger partial charge in [-0.1, -0.05) is 22.0 Å². The van der Waals surface area contributed by atoms with E-state index in [2.05, 4.69) is 26.2 Å². The summed E-state index contributed by atoms with van der Waals surface area (Å²) in [5, 5.41) is 3.37. The van der Waals surface area contributed by atoms with Gasteiger partial charge in [-0.15, -0.1) is 0 Å². The van der Waals surface area contributed by atoms with Crippen LogP contribution in [0.15, 0.2) is 59.2 Å². The number of hydrogen-bond acceptors (Lipinski definition) is 5. The summed E-state index contributed by atoms with van der Waals surface area (Å²) in [6.07, 6.45) is 0.991. The molecule has 0 amide bonds. The molecule has 1 unspecified atom stereocenters. The van der Waals surface area contributed by atoms with Crippen molar-refractivity contribution in [1.82, 2.24) is 10.3 Å². The van der Waals surface area contributed by atoms with Gasteiger partial charge in [-0.3, -0.25) is 0 Å². The van der Waals surface area contributed by atoms with Crippen LogP contribution >= 0.6 is 15.9 Å². The number of nitrogens with two attached hydrogens (primary N) is 1. The van der Waals surface area contributed by atoms with Crippen molar-refractivity contribution < 1.29 is 13.9 Å². The number of hydrogen-bond donors (Lipinski definition) is 2. The van der Waals surface area contributed by atoms with E-state index in [1.54, 1.807) is 6.07 Å². The minimum absolute atomic E-state index is 0.464.